The molecule has 1 aromatic heterocycles. The lowest BCUT2D eigenvalue weighted by molar-refractivity contribution is -0.116. The number of Topliss-reactive ketones (excluding diaryl/α,β-unsaturated/α-hetero) is 1. The van der Waals surface area contributed by atoms with Crippen molar-refractivity contribution in [2.75, 3.05) is 0 Å². The molecule has 1 heterocycles. The van der Waals surface area contributed by atoms with E-state index in [0.29, 0.717) is 0 Å². The Hall–Kier alpha value is -1.32. The van der Waals surface area contributed by atoms with E-state index in [9.17, 15) is 13.6 Å². The van der Waals surface area contributed by atoms with E-state index in [1.165, 1.54) is 6.92 Å². The highest BCUT2D eigenvalue weighted by molar-refractivity contribution is 5.78. The molecule has 0 atom stereocenters. The predicted octanol–water partition coefficient (Wildman–Crippen LogP) is 1.49. The zero-order valence-electron chi connectivity index (χ0n) is 6.47. The van der Waals surface area contributed by atoms with Gasteiger partial charge in [-0.1, -0.05) is 0 Å². The minimum atomic E-state index is -0.773. The molecule has 0 aliphatic heterocycles. The molecule has 4 heteroatoms. The lowest BCUT2D eigenvalue weighted by atomic mass is 10.1. The maximum atomic E-state index is 12.8. The Morgan fingerprint density at radius 2 is 1.92 bits per heavy atom. The molecule has 0 saturated heterocycles. The number of carbonyl (C=O) groups is 1. The number of rotatable bonds is 2. The molecule has 0 bridgehead atoms. The van der Waals surface area contributed by atoms with Crippen LogP contribution in [0.3, 0.4) is 0 Å². The van der Waals surface area contributed by atoms with Gasteiger partial charge >= 0.3 is 0 Å². The number of hydrogen-bond acceptors (Lipinski definition) is 2. The Bertz CT molecular complexity index is 292. The zero-order valence-corrected chi connectivity index (χ0v) is 6.47. The molecule has 0 amide bonds. The molecule has 12 heavy (non-hydrogen) atoms. The van der Waals surface area contributed by atoms with Crippen molar-refractivity contribution in [3.8, 4) is 0 Å². The Morgan fingerprint density at radius 3 is 2.33 bits per heavy atom. The molecule has 0 fully saturated rings. The minimum absolute atomic E-state index is 0.211. The van der Waals surface area contributed by atoms with Gasteiger partial charge in [0.15, 0.2) is 0 Å². The van der Waals surface area contributed by atoms with Crippen LogP contribution in [0, 0.1) is 11.6 Å². The maximum absolute atomic E-state index is 12.8. The van der Waals surface area contributed by atoms with E-state index in [-0.39, 0.29) is 17.8 Å². The fourth-order valence-corrected chi connectivity index (χ4v) is 0.856. The Labute approximate surface area is 68.2 Å². The van der Waals surface area contributed by atoms with Crippen LogP contribution in [0.2, 0.25) is 0 Å². The van der Waals surface area contributed by atoms with Gasteiger partial charge in [-0.3, -0.25) is 9.78 Å². The number of carbonyl (C=O) groups excluding carboxylic acids is 1. The average molecular weight is 171 g/mol. The van der Waals surface area contributed by atoms with Crippen molar-refractivity contribution in [3.63, 3.8) is 0 Å². The first-order chi connectivity index (χ1) is 5.61. The van der Waals surface area contributed by atoms with E-state index in [2.05, 4.69) is 4.98 Å². The number of aromatic nitrogens is 1. The van der Waals surface area contributed by atoms with E-state index in [4.69, 9.17) is 0 Å². The molecule has 0 saturated carbocycles. The quantitative estimate of drug-likeness (QED) is 0.674. The molecule has 1 aromatic rings. The summed E-state index contributed by atoms with van der Waals surface area (Å²) in [4.78, 5) is 13.9. The van der Waals surface area contributed by atoms with E-state index >= 15 is 0 Å². The van der Waals surface area contributed by atoms with Crippen molar-refractivity contribution in [1.29, 1.82) is 0 Å². The topological polar surface area (TPSA) is 30.0 Å². The second-order valence-electron chi connectivity index (χ2n) is 2.46. The van der Waals surface area contributed by atoms with Crippen LogP contribution in [0.15, 0.2) is 12.4 Å². The molecule has 0 N–H and O–H groups in total. The van der Waals surface area contributed by atoms with Gasteiger partial charge in [0, 0.05) is 12.0 Å². The van der Waals surface area contributed by atoms with Crippen LogP contribution in [0.4, 0.5) is 8.78 Å². The molecule has 2 nitrogen and oxygen atoms in total. The normalized spacial score (nSPS) is 9.92. The summed E-state index contributed by atoms with van der Waals surface area (Å²) in [6.45, 7) is 1.28. The van der Waals surface area contributed by atoms with E-state index in [0.717, 1.165) is 12.4 Å². The van der Waals surface area contributed by atoms with Crippen molar-refractivity contribution in [2.45, 2.75) is 13.3 Å². The van der Waals surface area contributed by atoms with Gasteiger partial charge in [-0.25, -0.2) is 8.78 Å². The maximum Gasteiger partial charge on any atom is 0.148 e. The molecule has 1 rings (SSSR count). The van der Waals surface area contributed by atoms with Gasteiger partial charge in [-0.15, -0.1) is 0 Å². The SMILES string of the molecule is CC(=O)Cc1c(F)cncc1F. The van der Waals surface area contributed by atoms with Crippen molar-refractivity contribution in [3.05, 3.63) is 29.6 Å². The molecule has 0 spiro atoms. The summed E-state index contributed by atoms with van der Waals surface area (Å²) in [5, 5.41) is 0. The van der Waals surface area contributed by atoms with Gasteiger partial charge < -0.3 is 0 Å². The van der Waals surface area contributed by atoms with Crippen LogP contribution in [-0.2, 0) is 11.2 Å². The summed E-state index contributed by atoms with van der Waals surface area (Å²) < 4.78 is 25.5. The third-order valence-electron chi connectivity index (χ3n) is 1.38. The standard InChI is InChI=1S/C8H7F2NO/c1-5(12)2-6-7(9)3-11-4-8(6)10/h3-4H,2H2,1H3. The van der Waals surface area contributed by atoms with Crippen LogP contribution in [0.5, 0.6) is 0 Å². The first-order valence-corrected chi connectivity index (χ1v) is 3.38. The third-order valence-corrected chi connectivity index (χ3v) is 1.38. The van der Waals surface area contributed by atoms with E-state index in [1.807, 2.05) is 0 Å². The van der Waals surface area contributed by atoms with Crippen LogP contribution < -0.4 is 0 Å². The number of pyridine rings is 1. The smallest absolute Gasteiger partial charge is 0.148 e. The van der Waals surface area contributed by atoms with Crippen molar-refractivity contribution in [2.24, 2.45) is 0 Å². The number of ketones is 1. The largest absolute Gasteiger partial charge is 0.300 e. The second-order valence-corrected chi connectivity index (χ2v) is 2.46. The monoisotopic (exact) mass is 171 g/mol. The molecule has 0 aliphatic rings. The molecule has 0 aliphatic carbocycles. The van der Waals surface area contributed by atoms with Crippen LogP contribution in [-0.4, -0.2) is 10.8 Å². The minimum Gasteiger partial charge on any atom is -0.300 e. The zero-order chi connectivity index (χ0) is 9.14. The first kappa shape index (κ1) is 8.77. The molecule has 0 unspecified atom stereocenters. The molecular formula is C8H7F2NO. The number of nitrogens with zero attached hydrogens (tertiary/aromatic N) is 1. The van der Waals surface area contributed by atoms with Crippen molar-refractivity contribution >= 4 is 5.78 Å². The van der Waals surface area contributed by atoms with Gasteiger partial charge in [0.05, 0.1) is 12.4 Å². The molecule has 0 radical (unpaired) electrons. The van der Waals surface area contributed by atoms with Crippen LogP contribution in [0.1, 0.15) is 12.5 Å². The number of halogens is 2. The second kappa shape index (κ2) is 3.38. The van der Waals surface area contributed by atoms with Gasteiger partial charge in [-0.05, 0) is 6.92 Å². The summed E-state index contributed by atoms with van der Waals surface area (Å²) in [6, 6.07) is 0. The Balaban J connectivity index is 3.04. The third kappa shape index (κ3) is 1.84. The van der Waals surface area contributed by atoms with E-state index < -0.39 is 11.6 Å². The van der Waals surface area contributed by atoms with Crippen LogP contribution >= 0.6 is 0 Å². The Kier molecular flexibility index (Phi) is 2.47. The summed E-state index contributed by atoms with van der Waals surface area (Å²) in [5.74, 6) is -1.82. The molecular weight excluding hydrogens is 164 g/mol. The molecule has 0 aromatic carbocycles. The highest BCUT2D eigenvalue weighted by Gasteiger charge is 2.10. The van der Waals surface area contributed by atoms with Crippen molar-refractivity contribution in [1.82, 2.24) is 4.98 Å². The predicted molar refractivity (Wildman–Crippen MR) is 38.5 cm³/mol. The van der Waals surface area contributed by atoms with Crippen molar-refractivity contribution < 1.29 is 13.6 Å². The lowest BCUT2D eigenvalue weighted by Gasteiger charge is -1.99. The van der Waals surface area contributed by atoms with Crippen LogP contribution in [0.25, 0.3) is 0 Å². The summed E-state index contributed by atoms with van der Waals surface area (Å²) in [6.07, 6.45) is 1.56. The summed E-state index contributed by atoms with van der Waals surface area (Å²) >= 11 is 0. The van der Waals surface area contributed by atoms with Gasteiger partial charge in [0.25, 0.3) is 0 Å². The first-order valence-electron chi connectivity index (χ1n) is 3.38. The highest BCUT2D eigenvalue weighted by atomic mass is 19.1. The van der Waals surface area contributed by atoms with Gasteiger partial charge in [0.1, 0.15) is 17.4 Å². The van der Waals surface area contributed by atoms with Gasteiger partial charge in [-0.2, -0.15) is 0 Å². The highest BCUT2D eigenvalue weighted by Crippen LogP contribution is 2.10. The van der Waals surface area contributed by atoms with Gasteiger partial charge in [0.2, 0.25) is 0 Å². The fourth-order valence-electron chi connectivity index (χ4n) is 0.856. The molecule has 64 valence electrons. The Morgan fingerprint density at radius 1 is 1.42 bits per heavy atom. The fraction of sp³-hybridized carbons (Fsp3) is 0.250. The van der Waals surface area contributed by atoms with E-state index in [1.54, 1.807) is 0 Å². The summed E-state index contributed by atoms with van der Waals surface area (Å²) in [7, 11) is 0. The average Bonchev–Trinajstić information content (AvgIpc) is 1.97. The number of hydrogen-bond donors (Lipinski definition) is 0. The lowest BCUT2D eigenvalue weighted by Crippen LogP contribution is -2.03. The summed E-state index contributed by atoms with van der Waals surface area (Å²) in [5.41, 5.74) is -0.211.